The zero-order valence-corrected chi connectivity index (χ0v) is 10.6. The summed E-state index contributed by atoms with van der Waals surface area (Å²) in [6.07, 6.45) is 2.47. The Balaban J connectivity index is 2.50. The van der Waals surface area contributed by atoms with E-state index in [-0.39, 0.29) is 11.8 Å². The molecule has 0 spiro atoms. The highest BCUT2D eigenvalue weighted by molar-refractivity contribution is 5.78. The average Bonchev–Trinajstić information content (AvgIpc) is 2.66. The maximum atomic E-state index is 12.0. The lowest BCUT2D eigenvalue weighted by Crippen LogP contribution is -2.46. The predicted molar refractivity (Wildman–Crippen MR) is 64.1 cm³/mol. The molecule has 1 heterocycles. The van der Waals surface area contributed by atoms with Crippen LogP contribution in [0.4, 0.5) is 0 Å². The topological polar surface area (TPSA) is 52.6 Å². The molecule has 1 unspecified atom stereocenters. The minimum Gasteiger partial charge on any atom is -0.387 e. The number of β-amino-alcohol motifs (C(OH)–C–C–N with tert-alkyl or cyclic N) is 1. The van der Waals surface area contributed by atoms with E-state index in [2.05, 4.69) is 5.32 Å². The van der Waals surface area contributed by atoms with E-state index in [1.807, 2.05) is 13.8 Å². The van der Waals surface area contributed by atoms with Gasteiger partial charge in [0.1, 0.15) is 0 Å². The molecule has 1 aliphatic heterocycles. The van der Waals surface area contributed by atoms with Gasteiger partial charge in [0.25, 0.3) is 0 Å². The molecule has 1 fully saturated rings. The molecule has 4 heteroatoms. The van der Waals surface area contributed by atoms with Gasteiger partial charge in [0.2, 0.25) is 5.91 Å². The van der Waals surface area contributed by atoms with Gasteiger partial charge in [-0.25, -0.2) is 0 Å². The molecule has 0 saturated carbocycles. The van der Waals surface area contributed by atoms with E-state index < -0.39 is 5.60 Å². The van der Waals surface area contributed by atoms with Gasteiger partial charge in [-0.15, -0.1) is 0 Å². The summed E-state index contributed by atoms with van der Waals surface area (Å²) in [4.78, 5) is 13.7. The molecule has 0 aromatic rings. The maximum Gasteiger partial charge on any atom is 0.225 e. The Kier molecular flexibility index (Phi) is 4.74. The van der Waals surface area contributed by atoms with Gasteiger partial charge in [0.05, 0.1) is 12.1 Å². The zero-order valence-electron chi connectivity index (χ0n) is 10.6. The highest BCUT2D eigenvalue weighted by atomic mass is 16.3. The number of aliphatic hydroxyl groups is 1. The molecule has 16 heavy (non-hydrogen) atoms. The molecule has 4 nitrogen and oxygen atoms in total. The summed E-state index contributed by atoms with van der Waals surface area (Å²) < 4.78 is 0. The fourth-order valence-corrected chi connectivity index (χ4v) is 2.33. The molecule has 0 aromatic carbocycles. The van der Waals surface area contributed by atoms with Crippen LogP contribution in [0.1, 0.15) is 33.1 Å². The van der Waals surface area contributed by atoms with Crippen LogP contribution < -0.4 is 5.32 Å². The fraction of sp³-hybridized carbons (Fsp3) is 0.917. The maximum absolute atomic E-state index is 12.0. The highest BCUT2D eigenvalue weighted by Gasteiger charge is 2.34. The van der Waals surface area contributed by atoms with Crippen LogP contribution in [-0.2, 0) is 4.79 Å². The lowest BCUT2D eigenvalue weighted by molar-refractivity contribution is -0.137. The second kappa shape index (κ2) is 5.64. The Hall–Kier alpha value is -0.610. The summed E-state index contributed by atoms with van der Waals surface area (Å²) in [7, 11) is 1.79. The SMILES string of the molecule is CCC(CC)C(=O)N(C)CC1(O)CCNC1. The number of carbonyl (C=O) groups is 1. The Morgan fingerprint density at radius 2 is 2.12 bits per heavy atom. The van der Waals surface area contributed by atoms with Crippen LogP contribution in [0, 0.1) is 5.92 Å². The third-order valence-corrected chi connectivity index (χ3v) is 3.46. The summed E-state index contributed by atoms with van der Waals surface area (Å²) in [5.41, 5.74) is -0.726. The minimum absolute atomic E-state index is 0.1000. The minimum atomic E-state index is -0.726. The van der Waals surface area contributed by atoms with Crippen molar-refractivity contribution in [2.24, 2.45) is 5.92 Å². The molecule has 0 radical (unpaired) electrons. The second-order valence-electron chi connectivity index (χ2n) is 4.86. The highest BCUT2D eigenvalue weighted by Crippen LogP contribution is 2.18. The molecule has 1 amide bonds. The van der Waals surface area contributed by atoms with Gasteiger partial charge in [-0.05, 0) is 25.8 Å². The van der Waals surface area contributed by atoms with Gasteiger partial charge in [-0.3, -0.25) is 4.79 Å². The van der Waals surface area contributed by atoms with Crippen molar-refractivity contribution in [2.75, 3.05) is 26.7 Å². The number of carbonyl (C=O) groups excluding carboxylic acids is 1. The molecular formula is C12H24N2O2. The van der Waals surface area contributed by atoms with Gasteiger partial charge in [-0.2, -0.15) is 0 Å². The zero-order chi connectivity index (χ0) is 12.2. The number of rotatable bonds is 5. The van der Waals surface area contributed by atoms with Gasteiger partial charge >= 0.3 is 0 Å². The Morgan fingerprint density at radius 3 is 2.56 bits per heavy atom. The average molecular weight is 228 g/mol. The smallest absolute Gasteiger partial charge is 0.225 e. The number of nitrogens with zero attached hydrogens (tertiary/aromatic N) is 1. The van der Waals surface area contributed by atoms with Crippen molar-refractivity contribution in [1.82, 2.24) is 10.2 Å². The van der Waals surface area contributed by atoms with Crippen molar-refractivity contribution in [3.05, 3.63) is 0 Å². The monoisotopic (exact) mass is 228 g/mol. The molecule has 1 atom stereocenters. The molecule has 94 valence electrons. The first kappa shape index (κ1) is 13.5. The van der Waals surface area contributed by atoms with E-state index in [1.54, 1.807) is 11.9 Å². The molecule has 1 rings (SSSR count). The van der Waals surface area contributed by atoms with Gasteiger partial charge in [-0.1, -0.05) is 13.8 Å². The first-order valence-electron chi connectivity index (χ1n) is 6.20. The quantitative estimate of drug-likeness (QED) is 0.725. The van der Waals surface area contributed by atoms with Crippen LogP contribution in [0.25, 0.3) is 0 Å². The Labute approximate surface area is 98.0 Å². The molecule has 0 bridgehead atoms. The van der Waals surface area contributed by atoms with Crippen molar-refractivity contribution in [2.45, 2.75) is 38.7 Å². The lowest BCUT2D eigenvalue weighted by atomic mass is 9.99. The van der Waals surface area contributed by atoms with Crippen molar-refractivity contribution in [1.29, 1.82) is 0 Å². The summed E-state index contributed by atoms with van der Waals surface area (Å²) in [5.74, 6) is 0.258. The number of nitrogens with one attached hydrogen (secondary N) is 1. The lowest BCUT2D eigenvalue weighted by Gasteiger charge is -2.30. The normalized spacial score (nSPS) is 25.1. The van der Waals surface area contributed by atoms with Crippen LogP contribution in [-0.4, -0.2) is 48.2 Å². The van der Waals surface area contributed by atoms with E-state index in [4.69, 9.17) is 0 Å². The van der Waals surface area contributed by atoms with E-state index in [9.17, 15) is 9.90 Å². The standard InChI is InChI=1S/C12H24N2O2/c1-4-10(5-2)11(15)14(3)9-12(16)6-7-13-8-12/h10,13,16H,4-9H2,1-3H3. The molecular weight excluding hydrogens is 204 g/mol. The fourth-order valence-electron chi connectivity index (χ4n) is 2.33. The summed E-state index contributed by atoms with van der Waals surface area (Å²) in [5, 5.41) is 13.3. The van der Waals surface area contributed by atoms with Crippen LogP contribution in [0.2, 0.25) is 0 Å². The molecule has 1 aliphatic rings. The van der Waals surface area contributed by atoms with Gasteiger partial charge in [0.15, 0.2) is 0 Å². The molecule has 1 saturated heterocycles. The first-order chi connectivity index (χ1) is 7.52. The van der Waals surface area contributed by atoms with Crippen LogP contribution in [0.5, 0.6) is 0 Å². The summed E-state index contributed by atoms with van der Waals surface area (Å²) in [6, 6.07) is 0. The van der Waals surface area contributed by atoms with Crippen LogP contribution >= 0.6 is 0 Å². The largest absolute Gasteiger partial charge is 0.387 e. The van der Waals surface area contributed by atoms with Gasteiger partial charge < -0.3 is 15.3 Å². The van der Waals surface area contributed by atoms with Crippen LogP contribution in [0.15, 0.2) is 0 Å². The third-order valence-electron chi connectivity index (χ3n) is 3.46. The summed E-state index contributed by atoms with van der Waals surface area (Å²) >= 11 is 0. The molecule has 2 N–H and O–H groups in total. The van der Waals surface area contributed by atoms with E-state index in [1.165, 1.54) is 0 Å². The first-order valence-corrected chi connectivity index (χ1v) is 6.20. The number of hydrogen-bond donors (Lipinski definition) is 2. The number of amides is 1. The Bertz CT molecular complexity index is 233. The second-order valence-corrected chi connectivity index (χ2v) is 4.86. The van der Waals surface area contributed by atoms with E-state index in [0.29, 0.717) is 13.1 Å². The van der Waals surface area contributed by atoms with Crippen molar-refractivity contribution in [3.63, 3.8) is 0 Å². The predicted octanol–water partition coefficient (Wildman–Crippen LogP) is 0.605. The molecule has 0 aliphatic carbocycles. The van der Waals surface area contributed by atoms with Crippen molar-refractivity contribution >= 4 is 5.91 Å². The van der Waals surface area contributed by atoms with Crippen LogP contribution in [0.3, 0.4) is 0 Å². The van der Waals surface area contributed by atoms with Crippen molar-refractivity contribution in [3.8, 4) is 0 Å². The van der Waals surface area contributed by atoms with Gasteiger partial charge in [0, 0.05) is 19.5 Å². The summed E-state index contributed by atoms with van der Waals surface area (Å²) in [6.45, 7) is 5.93. The number of hydrogen-bond acceptors (Lipinski definition) is 3. The molecule has 0 aromatic heterocycles. The van der Waals surface area contributed by atoms with E-state index in [0.717, 1.165) is 25.8 Å². The van der Waals surface area contributed by atoms with Crippen molar-refractivity contribution < 1.29 is 9.90 Å². The third kappa shape index (κ3) is 3.19. The number of likely N-dealkylation sites (N-methyl/N-ethyl adjacent to an activating group) is 1. The van der Waals surface area contributed by atoms with E-state index >= 15 is 0 Å². The Morgan fingerprint density at radius 1 is 1.50 bits per heavy atom.